The van der Waals surface area contributed by atoms with Gasteiger partial charge >= 0.3 is 0 Å². The van der Waals surface area contributed by atoms with E-state index in [4.69, 9.17) is 47.4 Å². The summed E-state index contributed by atoms with van der Waals surface area (Å²) in [7, 11) is 7.24. The van der Waals surface area contributed by atoms with Crippen molar-refractivity contribution in [2.24, 2.45) is 0 Å². The van der Waals surface area contributed by atoms with E-state index in [-0.39, 0.29) is 6.04 Å². The number of rotatable bonds is 11. The number of methoxy groups -OCH3 is 2. The third-order valence-corrected chi connectivity index (χ3v) is 6.96. The smallest absolute Gasteiger partial charge is 0.223 e. The zero-order valence-corrected chi connectivity index (χ0v) is 23.2. The molecule has 37 heavy (non-hydrogen) atoms. The number of aromatic nitrogens is 3. The first-order chi connectivity index (χ1) is 17.9. The van der Waals surface area contributed by atoms with Gasteiger partial charge in [-0.2, -0.15) is 0 Å². The van der Waals surface area contributed by atoms with Crippen molar-refractivity contribution in [3.63, 3.8) is 0 Å². The molecule has 11 heteroatoms. The van der Waals surface area contributed by atoms with E-state index in [0.717, 1.165) is 50.8 Å². The molecule has 200 valence electrons. The van der Waals surface area contributed by atoms with Crippen molar-refractivity contribution in [1.82, 2.24) is 19.9 Å². The highest BCUT2D eigenvalue weighted by Gasteiger charge is 2.22. The van der Waals surface area contributed by atoms with Gasteiger partial charge in [0.2, 0.25) is 5.95 Å². The molecule has 2 aromatic heterocycles. The topological polar surface area (TPSA) is 93.7 Å². The van der Waals surface area contributed by atoms with Gasteiger partial charge in [-0.15, -0.1) is 0 Å². The van der Waals surface area contributed by atoms with Gasteiger partial charge in [-0.1, -0.05) is 23.2 Å². The zero-order chi connectivity index (χ0) is 26.4. The number of halogens is 2. The number of nitrogens with one attached hydrogen (secondary N) is 2. The van der Waals surface area contributed by atoms with Crippen LogP contribution in [0.1, 0.15) is 25.7 Å². The molecule has 2 N–H and O–H groups in total. The molecule has 1 unspecified atom stereocenters. The summed E-state index contributed by atoms with van der Waals surface area (Å²) >= 11 is 13.4. The third-order valence-electron chi connectivity index (χ3n) is 6.21. The fraction of sp³-hybridized carbons (Fsp3) is 0.500. The molecule has 0 spiro atoms. The molecule has 1 aliphatic rings. The molecule has 3 heterocycles. The summed E-state index contributed by atoms with van der Waals surface area (Å²) in [6.07, 6.45) is 5.86. The molecule has 0 radical (unpaired) electrons. The molecule has 3 aromatic rings. The average molecular weight is 550 g/mol. The Morgan fingerprint density at radius 2 is 1.84 bits per heavy atom. The van der Waals surface area contributed by atoms with Gasteiger partial charge in [-0.3, -0.25) is 0 Å². The van der Waals surface area contributed by atoms with Crippen LogP contribution in [0.3, 0.4) is 0 Å². The van der Waals surface area contributed by atoms with E-state index in [9.17, 15) is 0 Å². The van der Waals surface area contributed by atoms with E-state index in [2.05, 4.69) is 34.6 Å². The van der Waals surface area contributed by atoms with Crippen molar-refractivity contribution >= 4 is 45.9 Å². The molecule has 1 atom stereocenters. The van der Waals surface area contributed by atoms with Gasteiger partial charge in [0.05, 0.1) is 42.6 Å². The summed E-state index contributed by atoms with van der Waals surface area (Å²) < 4.78 is 16.5. The SMILES string of the molecule is COc1cc(OC)c(Cl)c(-c2cc3cnc(NC4CCCOC4)nc3c(NCCCCN(C)C)n2)c1Cl. The maximum absolute atomic E-state index is 6.71. The molecule has 0 saturated carbocycles. The molecule has 4 rings (SSSR count). The Kier molecular flexibility index (Phi) is 9.48. The minimum Gasteiger partial charge on any atom is -0.495 e. The van der Waals surface area contributed by atoms with E-state index >= 15 is 0 Å². The Balaban J connectivity index is 1.74. The first-order valence-electron chi connectivity index (χ1n) is 12.4. The van der Waals surface area contributed by atoms with Crippen molar-refractivity contribution in [3.8, 4) is 22.8 Å². The first kappa shape index (κ1) is 27.4. The minimum absolute atomic E-state index is 0.183. The number of nitrogens with zero attached hydrogens (tertiary/aromatic N) is 4. The number of hydrogen-bond donors (Lipinski definition) is 2. The van der Waals surface area contributed by atoms with Crippen LogP contribution in [0.15, 0.2) is 18.3 Å². The summed E-state index contributed by atoms with van der Waals surface area (Å²) in [5.41, 5.74) is 1.81. The summed E-state index contributed by atoms with van der Waals surface area (Å²) in [4.78, 5) is 16.5. The van der Waals surface area contributed by atoms with Crippen LogP contribution in [0.2, 0.25) is 10.0 Å². The van der Waals surface area contributed by atoms with Crippen LogP contribution >= 0.6 is 23.2 Å². The van der Waals surface area contributed by atoms with Gasteiger partial charge in [0.1, 0.15) is 17.0 Å². The van der Waals surface area contributed by atoms with Crippen molar-refractivity contribution < 1.29 is 14.2 Å². The van der Waals surface area contributed by atoms with Gasteiger partial charge < -0.3 is 29.7 Å². The van der Waals surface area contributed by atoms with Crippen molar-refractivity contribution in [3.05, 3.63) is 28.4 Å². The highest BCUT2D eigenvalue weighted by atomic mass is 35.5. The largest absolute Gasteiger partial charge is 0.495 e. The van der Waals surface area contributed by atoms with E-state index < -0.39 is 0 Å². The molecule has 0 bridgehead atoms. The predicted octanol–water partition coefficient (Wildman–Crippen LogP) is 5.36. The van der Waals surface area contributed by atoms with E-state index in [1.807, 2.05) is 6.07 Å². The van der Waals surface area contributed by atoms with Crippen LogP contribution in [-0.4, -0.2) is 80.5 Å². The van der Waals surface area contributed by atoms with Crippen molar-refractivity contribution in [1.29, 1.82) is 0 Å². The number of pyridine rings is 1. The van der Waals surface area contributed by atoms with E-state index in [1.54, 1.807) is 26.5 Å². The maximum Gasteiger partial charge on any atom is 0.223 e. The van der Waals surface area contributed by atoms with Gasteiger partial charge in [0.15, 0.2) is 5.82 Å². The Bertz CT molecular complexity index is 1190. The number of anilines is 2. The van der Waals surface area contributed by atoms with Gasteiger partial charge in [0, 0.05) is 36.4 Å². The Hall–Kier alpha value is -2.59. The quantitative estimate of drug-likeness (QED) is 0.307. The number of benzene rings is 1. The molecule has 9 nitrogen and oxygen atoms in total. The molecule has 0 aliphatic carbocycles. The van der Waals surface area contributed by atoms with Crippen LogP contribution in [-0.2, 0) is 4.74 Å². The lowest BCUT2D eigenvalue weighted by molar-refractivity contribution is 0.0874. The van der Waals surface area contributed by atoms with E-state index in [1.165, 1.54) is 0 Å². The molecule has 1 saturated heterocycles. The number of hydrogen-bond acceptors (Lipinski definition) is 9. The molecule has 1 aromatic carbocycles. The number of ether oxygens (including phenoxy) is 3. The third kappa shape index (κ3) is 6.65. The highest BCUT2D eigenvalue weighted by molar-refractivity contribution is 6.41. The summed E-state index contributed by atoms with van der Waals surface area (Å²) in [5, 5.41) is 8.39. The second-order valence-electron chi connectivity index (χ2n) is 9.27. The normalized spacial score (nSPS) is 15.7. The second-order valence-corrected chi connectivity index (χ2v) is 10.0. The molecule has 0 amide bonds. The zero-order valence-electron chi connectivity index (χ0n) is 21.7. The monoisotopic (exact) mass is 548 g/mol. The van der Waals surface area contributed by atoms with Crippen LogP contribution < -0.4 is 20.1 Å². The fourth-order valence-electron chi connectivity index (χ4n) is 4.27. The van der Waals surface area contributed by atoms with Crippen molar-refractivity contribution in [2.45, 2.75) is 31.7 Å². The average Bonchev–Trinajstić information content (AvgIpc) is 2.89. The van der Waals surface area contributed by atoms with Gasteiger partial charge in [0.25, 0.3) is 0 Å². The lowest BCUT2D eigenvalue weighted by Gasteiger charge is -2.23. The van der Waals surface area contributed by atoms with Gasteiger partial charge in [-0.25, -0.2) is 15.0 Å². The highest BCUT2D eigenvalue weighted by Crippen LogP contribution is 2.46. The lowest BCUT2D eigenvalue weighted by atomic mass is 10.1. The summed E-state index contributed by atoms with van der Waals surface area (Å²) in [6, 6.07) is 3.73. The summed E-state index contributed by atoms with van der Waals surface area (Å²) in [6.45, 7) is 3.20. The molecular formula is C26H34Cl2N6O3. The molecular weight excluding hydrogens is 515 g/mol. The van der Waals surface area contributed by atoms with Crippen molar-refractivity contribution in [2.75, 3.05) is 65.3 Å². The Morgan fingerprint density at radius 1 is 1.08 bits per heavy atom. The van der Waals surface area contributed by atoms with Crippen LogP contribution in [0.5, 0.6) is 11.5 Å². The lowest BCUT2D eigenvalue weighted by Crippen LogP contribution is -2.30. The minimum atomic E-state index is 0.183. The maximum atomic E-state index is 6.71. The second kappa shape index (κ2) is 12.8. The van der Waals surface area contributed by atoms with Crippen LogP contribution in [0.4, 0.5) is 11.8 Å². The standard InChI is InChI=1S/C26H34Cl2N6O3/c1-34(2)10-6-5-9-29-25-24-16(14-30-26(33-24)31-17-8-7-11-37-15-17)12-18(32-25)21-22(27)19(35-3)13-20(36-4)23(21)28/h12-14,17H,5-11,15H2,1-4H3,(H,29,32)(H,30,31,33). The fourth-order valence-corrected chi connectivity index (χ4v) is 4.96. The van der Waals surface area contributed by atoms with E-state index in [0.29, 0.717) is 56.7 Å². The Labute approximate surface area is 227 Å². The van der Waals surface area contributed by atoms with Crippen LogP contribution in [0.25, 0.3) is 22.2 Å². The number of fused-ring (bicyclic) bond motifs is 1. The number of unbranched alkanes of at least 4 members (excludes halogenated alkanes) is 1. The predicted molar refractivity (Wildman–Crippen MR) is 150 cm³/mol. The van der Waals surface area contributed by atoms with Crippen LogP contribution in [0, 0.1) is 0 Å². The first-order valence-corrected chi connectivity index (χ1v) is 13.2. The molecule has 1 fully saturated rings. The summed E-state index contributed by atoms with van der Waals surface area (Å²) in [5.74, 6) is 2.08. The molecule has 1 aliphatic heterocycles. The van der Waals surface area contributed by atoms with Gasteiger partial charge in [-0.05, 0) is 52.4 Å². The Morgan fingerprint density at radius 3 is 2.49 bits per heavy atom.